The van der Waals surface area contributed by atoms with Crippen LogP contribution in [-0.2, 0) is 6.42 Å². The van der Waals surface area contributed by atoms with Crippen molar-refractivity contribution in [3.05, 3.63) is 87.7 Å². The van der Waals surface area contributed by atoms with Gasteiger partial charge in [0.15, 0.2) is 0 Å². The maximum atomic E-state index is 13.3. The number of benzene rings is 2. The van der Waals surface area contributed by atoms with Crippen LogP contribution in [0.2, 0.25) is 0 Å². The molecule has 2 heterocycles. The third kappa shape index (κ3) is 3.43. The molecule has 28 heavy (non-hydrogen) atoms. The molecule has 5 nitrogen and oxygen atoms in total. The SMILES string of the molecule is Cc1cccc(C(=O)N2CCc3cc(Br)ccc32)c1NC(=O)c1ccncc1. The van der Waals surface area contributed by atoms with E-state index >= 15 is 0 Å². The number of nitrogens with zero attached hydrogens (tertiary/aromatic N) is 2. The number of anilines is 2. The fourth-order valence-corrected chi connectivity index (χ4v) is 3.84. The zero-order valence-electron chi connectivity index (χ0n) is 15.3. The Balaban J connectivity index is 1.67. The van der Waals surface area contributed by atoms with Crippen LogP contribution in [0.25, 0.3) is 0 Å². The van der Waals surface area contributed by atoms with Gasteiger partial charge in [0.25, 0.3) is 11.8 Å². The molecule has 4 rings (SSSR count). The number of rotatable bonds is 3. The first-order valence-corrected chi connectivity index (χ1v) is 9.75. The van der Waals surface area contributed by atoms with Crippen molar-refractivity contribution in [1.29, 1.82) is 0 Å². The number of carbonyl (C=O) groups is 2. The van der Waals surface area contributed by atoms with Crippen molar-refractivity contribution in [3.63, 3.8) is 0 Å². The van der Waals surface area contributed by atoms with E-state index in [2.05, 4.69) is 26.2 Å². The summed E-state index contributed by atoms with van der Waals surface area (Å²) >= 11 is 3.48. The molecule has 6 heteroatoms. The van der Waals surface area contributed by atoms with Gasteiger partial charge < -0.3 is 10.2 Å². The average molecular weight is 436 g/mol. The summed E-state index contributed by atoms with van der Waals surface area (Å²) in [5.41, 5.74) is 4.41. The Morgan fingerprint density at radius 3 is 2.68 bits per heavy atom. The number of pyridine rings is 1. The lowest BCUT2D eigenvalue weighted by Crippen LogP contribution is -2.30. The van der Waals surface area contributed by atoms with E-state index in [0.717, 1.165) is 27.7 Å². The highest BCUT2D eigenvalue weighted by molar-refractivity contribution is 9.10. The fraction of sp³-hybridized carbons (Fsp3) is 0.136. The molecule has 0 fully saturated rings. The van der Waals surface area contributed by atoms with Gasteiger partial charge in [-0.25, -0.2) is 0 Å². The summed E-state index contributed by atoms with van der Waals surface area (Å²) in [4.78, 5) is 31.7. The Morgan fingerprint density at radius 2 is 1.89 bits per heavy atom. The number of halogens is 1. The predicted molar refractivity (Wildman–Crippen MR) is 113 cm³/mol. The van der Waals surface area contributed by atoms with Crippen molar-refractivity contribution in [1.82, 2.24) is 4.98 Å². The summed E-state index contributed by atoms with van der Waals surface area (Å²) in [6.07, 6.45) is 3.95. The number of para-hydroxylation sites is 1. The first kappa shape index (κ1) is 18.4. The summed E-state index contributed by atoms with van der Waals surface area (Å²) in [7, 11) is 0. The molecular weight excluding hydrogens is 418 g/mol. The Hall–Kier alpha value is -2.99. The summed E-state index contributed by atoms with van der Waals surface area (Å²) in [5, 5.41) is 2.91. The second-order valence-corrected chi connectivity index (χ2v) is 7.58. The van der Waals surface area contributed by atoms with Crippen molar-refractivity contribution in [2.75, 3.05) is 16.8 Å². The molecule has 1 aliphatic rings. The first-order valence-electron chi connectivity index (χ1n) is 8.96. The highest BCUT2D eigenvalue weighted by atomic mass is 79.9. The molecule has 1 N–H and O–H groups in total. The van der Waals surface area contributed by atoms with Crippen LogP contribution >= 0.6 is 15.9 Å². The Morgan fingerprint density at radius 1 is 1.11 bits per heavy atom. The lowest BCUT2D eigenvalue weighted by atomic mass is 10.1. The molecule has 0 spiro atoms. The zero-order chi connectivity index (χ0) is 19.7. The summed E-state index contributed by atoms with van der Waals surface area (Å²) in [5.74, 6) is -0.383. The molecule has 3 aromatic rings. The Kier molecular flexibility index (Phi) is 4.96. The van der Waals surface area contributed by atoms with Crippen LogP contribution in [0.4, 0.5) is 11.4 Å². The normalized spacial score (nSPS) is 12.6. The molecule has 0 atom stereocenters. The minimum absolute atomic E-state index is 0.116. The summed E-state index contributed by atoms with van der Waals surface area (Å²) in [6.45, 7) is 2.50. The van der Waals surface area contributed by atoms with Gasteiger partial charge >= 0.3 is 0 Å². The number of nitrogens with one attached hydrogen (secondary N) is 1. The van der Waals surface area contributed by atoms with E-state index in [-0.39, 0.29) is 11.8 Å². The van der Waals surface area contributed by atoms with Crippen LogP contribution in [-0.4, -0.2) is 23.3 Å². The molecule has 140 valence electrons. The first-order chi connectivity index (χ1) is 13.5. The van der Waals surface area contributed by atoms with Crippen molar-refractivity contribution < 1.29 is 9.59 Å². The van der Waals surface area contributed by atoms with Gasteiger partial charge in [-0.3, -0.25) is 14.6 Å². The van der Waals surface area contributed by atoms with Crippen molar-refractivity contribution >= 4 is 39.1 Å². The third-order valence-corrected chi connectivity index (χ3v) is 5.36. The van der Waals surface area contributed by atoms with E-state index in [9.17, 15) is 9.59 Å². The summed E-state index contributed by atoms with van der Waals surface area (Å²) < 4.78 is 1.00. The second-order valence-electron chi connectivity index (χ2n) is 6.67. The molecule has 0 bridgehead atoms. The minimum Gasteiger partial charge on any atom is -0.321 e. The van der Waals surface area contributed by atoms with Gasteiger partial charge in [-0.05, 0) is 60.9 Å². The third-order valence-electron chi connectivity index (χ3n) is 4.87. The fourth-order valence-electron chi connectivity index (χ4n) is 3.43. The molecular formula is C22H18BrN3O2. The average Bonchev–Trinajstić information content (AvgIpc) is 3.12. The van der Waals surface area contributed by atoms with E-state index < -0.39 is 0 Å². The van der Waals surface area contributed by atoms with Gasteiger partial charge in [0.1, 0.15) is 0 Å². The highest BCUT2D eigenvalue weighted by Gasteiger charge is 2.28. The topological polar surface area (TPSA) is 62.3 Å². The number of hydrogen-bond donors (Lipinski definition) is 1. The Labute approximate surface area is 171 Å². The van der Waals surface area contributed by atoms with Gasteiger partial charge in [0, 0.05) is 34.7 Å². The molecule has 0 radical (unpaired) electrons. The van der Waals surface area contributed by atoms with E-state index in [1.165, 1.54) is 0 Å². The van der Waals surface area contributed by atoms with Crippen molar-refractivity contribution in [3.8, 4) is 0 Å². The minimum atomic E-state index is -0.267. The van der Waals surface area contributed by atoms with E-state index in [1.807, 2.05) is 37.3 Å². The lowest BCUT2D eigenvalue weighted by molar-refractivity contribution is 0.0990. The molecule has 2 aromatic carbocycles. The van der Waals surface area contributed by atoms with Gasteiger partial charge in [0.05, 0.1) is 11.3 Å². The van der Waals surface area contributed by atoms with E-state index in [0.29, 0.717) is 23.4 Å². The van der Waals surface area contributed by atoms with Crippen LogP contribution in [0.1, 0.15) is 31.8 Å². The van der Waals surface area contributed by atoms with Crippen LogP contribution in [0.5, 0.6) is 0 Å². The molecule has 0 saturated heterocycles. The number of amides is 2. The maximum Gasteiger partial charge on any atom is 0.260 e. The largest absolute Gasteiger partial charge is 0.321 e. The van der Waals surface area contributed by atoms with Gasteiger partial charge in [-0.15, -0.1) is 0 Å². The number of aryl methyl sites for hydroxylation is 1. The van der Waals surface area contributed by atoms with Gasteiger partial charge in [-0.1, -0.05) is 28.1 Å². The number of carbonyl (C=O) groups excluding carboxylic acids is 2. The number of fused-ring (bicyclic) bond motifs is 1. The molecule has 1 aliphatic heterocycles. The standard InChI is InChI=1S/C22H18BrN3O2/c1-14-3-2-4-18(20(14)25-21(27)15-7-10-24-11-8-15)22(28)26-12-9-16-13-17(23)5-6-19(16)26/h2-8,10-11,13H,9,12H2,1H3,(H,25,27). The molecule has 2 amide bonds. The highest BCUT2D eigenvalue weighted by Crippen LogP contribution is 2.33. The smallest absolute Gasteiger partial charge is 0.260 e. The zero-order valence-corrected chi connectivity index (χ0v) is 16.9. The molecule has 0 aliphatic carbocycles. The predicted octanol–water partition coefficient (Wildman–Crippen LogP) is 4.61. The number of aromatic nitrogens is 1. The lowest BCUT2D eigenvalue weighted by Gasteiger charge is -2.20. The molecule has 0 unspecified atom stereocenters. The maximum absolute atomic E-state index is 13.3. The van der Waals surface area contributed by atoms with E-state index in [4.69, 9.17) is 0 Å². The molecule has 1 aromatic heterocycles. The van der Waals surface area contributed by atoms with Crippen LogP contribution in [0, 0.1) is 6.92 Å². The monoisotopic (exact) mass is 435 g/mol. The number of hydrogen-bond acceptors (Lipinski definition) is 3. The van der Waals surface area contributed by atoms with Gasteiger partial charge in [-0.2, -0.15) is 0 Å². The van der Waals surface area contributed by atoms with Gasteiger partial charge in [0.2, 0.25) is 0 Å². The molecule has 0 saturated carbocycles. The second kappa shape index (κ2) is 7.56. The Bertz CT molecular complexity index is 1070. The quantitative estimate of drug-likeness (QED) is 0.653. The van der Waals surface area contributed by atoms with Crippen molar-refractivity contribution in [2.24, 2.45) is 0 Å². The van der Waals surface area contributed by atoms with Crippen molar-refractivity contribution in [2.45, 2.75) is 13.3 Å². The summed E-state index contributed by atoms with van der Waals surface area (Å²) in [6, 6.07) is 14.7. The van der Waals surface area contributed by atoms with Crippen LogP contribution in [0.3, 0.4) is 0 Å². The van der Waals surface area contributed by atoms with E-state index in [1.54, 1.807) is 35.5 Å². The van der Waals surface area contributed by atoms with Crippen LogP contribution < -0.4 is 10.2 Å². The van der Waals surface area contributed by atoms with Crippen LogP contribution in [0.15, 0.2) is 65.4 Å².